The highest BCUT2D eigenvalue weighted by atomic mass is 32.2. The molecule has 0 aliphatic carbocycles. The van der Waals surface area contributed by atoms with Gasteiger partial charge in [-0.05, 0) is 17.8 Å². The van der Waals surface area contributed by atoms with Gasteiger partial charge in [0.2, 0.25) is 5.95 Å². The van der Waals surface area contributed by atoms with Gasteiger partial charge >= 0.3 is 0 Å². The molecule has 0 bridgehead atoms. The molecule has 5 nitrogen and oxygen atoms in total. The maximum Gasteiger partial charge on any atom is 0.221 e. The number of aromatic nitrogens is 4. The van der Waals surface area contributed by atoms with E-state index >= 15 is 0 Å². The predicted molar refractivity (Wildman–Crippen MR) is 52.6 cm³/mol. The third kappa shape index (κ3) is 2.38. The molecular formula is C8H6FN5S. The van der Waals surface area contributed by atoms with Crippen LogP contribution in [0.15, 0.2) is 34.8 Å². The van der Waals surface area contributed by atoms with Crippen LogP contribution in [0, 0.1) is 5.82 Å². The number of halogens is 1. The molecule has 0 saturated heterocycles. The van der Waals surface area contributed by atoms with E-state index in [2.05, 4.69) is 19.9 Å². The standard InChI is InChI=1S/C8H6FN5S/c9-5-4-13-7(10)14-6(5)15-8-11-2-1-3-12-8/h1-4H,(H2,10,13,14). The van der Waals surface area contributed by atoms with Crippen LogP contribution in [0.4, 0.5) is 10.3 Å². The Morgan fingerprint density at radius 3 is 2.67 bits per heavy atom. The Morgan fingerprint density at radius 1 is 1.20 bits per heavy atom. The average Bonchev–Trinajstić information content (AvgIpc) is 2.25. The Labute approximate surface area is 89.0 Å². The average molecular weight is 223 g/mol. The highest BCUT2D eigenvalue weighted by molar-refractivity contribution is 7.99. The van der Waals surface area contributed by atoms with Gasteiger partial charge in [0, 0.05) is 12.4 Å². The van der Waals surface area contributed by atoms with Crippen molar-refractivity contribution in [3.05, 3.63) is 30.5 Å². The number of nitrogen functional groups attached to an aromatic ring is 1. The molecule has 0 aromatic carbocycles. The van der Waals surface area contributed by atoms with Gasteiger partial charge in [-0.3, -0.25) is 0 Å². The predicted octanol–water partition coefficient (Wildman–Crippen LogP) is 1.14. The second kappa shape index (κ2) is 4.18. The van der Waals surface area contributed by atoms with E-state index in [1.807, 2.05) is 0 Å². The minimum Gasteiger partial charge on any atom is -0.368 e. The Hall–Kier alpha value is -1.76. The fourth-order valence-electron chi connectivity index (χ4n) is 0.860. The monoisotopic (exact) mass is 223 g/mol. The van der Waals surface area contributed by atoms with Crippen molar-refractivity contribution in [1.29, 1.82) is 0 Å². The van der Waals surface area contributed by atoms with Crippen molar-refractivity contribution in [2.75, 3.05) is 5.73 Å². The SMILES string of the molecule is Nc1ncc(F)c(Sc2ncccn2)n1. The molecule has 0 amide bonds. The zero-order chi connectivity index (χ0) is 10.7. The molecule has 0 aliphatic heterocycles. The van der Waals surface area contributed by atoms with E-state index in [-0.39, 0.29) is 11.0 Å². The zero-order valence-electron chi connectivity index (χ0n) is 7.46. The number of nitrogens with zero attached hydrogens (tertiary/aromatic N) is 4. The van der Waals surface area contributed by atoms with E-state index < -0.39 is 5.82 Å². The highest BCUT2D eigenvalue weighted by Crippen LogP contribution is 2.24. The molecule has 2 rings (SSSR count). The van der Waals surface area contributed by atoms with Crippen molar-refractivity contribution in [3.63, 3.8) is 0 Å². The molecule has 0 atom stereocenters. The van der Waals surface area contributed by atoms with Crippen molar-refractivity contribution in [2.45, 2.75) is 10.2 Å². The summed E-state index contributed by atoms with van der Waals surface area (Å²) in [5, 5.41) is 0.531. The lowest BCUT2D eigenvalue weighted by atomic mass is 10.6. The van der Waals surface area contributed by atoms with Crippen molar-refractivity contribution in [3.8, 4) is 0 Å². The molecule has 0 aliphatic rings. The molecule has 15 heavy (non-hydrogen) atoms. The molecule has 2 aromatic rings. The van der Waals surface area contributed by atoms with Gasteiger partial charge in [0.1, 0.15) is 5.03 Å². The van der Waals surface area contributed by atoms with Crippen LogP contribution in [0.3, 0.4) is 0 Å². The minimum atomic E-state index is -0.540. The summed E-state index contributed by atoms with van der Waals surface area (Å²) in [7, 11) is 0. The normalized spacial score (nSPS) is 10.2. The molecule has 76 valence electrons. The van der Waals surface area contributed by atoms with Gasteiger partial charge in [-0.1, -0.05) is 0 Å². The third-order valence-corrected chi connectivity index (χ3v) is 2.33. The quantitative estimate of drug-likeness (QED) is 0.607. The first-order valence-corrected chi connectivity index (χ1v) is 4.80. The van der Waals surface area contributed by atoms with Crippen LogP contribution in [-0.4, -0.2) is 19.9 Å². The molecule has 2 heterocycles. The van der Waals surface area contributed by atoms with Gasteiger partial charge in [0.25, 0.3) is 0 Å². The van der Waals surface area contributed by atoms with Gasteiger partial charge in [-0.25, -0.2) is 24.3 Å². The Bertz CT molecular complexity index is 464. The Kier molecular flexibility index (Phi) is 2.72. The third-order valence-electron chi connectivity index (χ3n) is 1.46. The zero-order valence-corrected chi connectivity index (χ0v) is 8.28. The van der Waals surface area contributed by atoms with Crippen LogP contribution in [-0.2, 0) is 0 Å². The van der Waals surface area contributed by atoms with E-state index in [9.17, 15) is 4.39 Å². The summed E-state index contributed by atoms with van der Waals surface area (Å²) in [5.74, 6) is -0.517. The van der Waals surface area contributed by atoms with Crippen molar-refractivity contribution >= 4 is 17.7 Å². The molecule has 2 aromatic heterocycles. The summed E-state index contributed by atoms with van der Waals surface area (Å²) in [5.41, 5.74) is 5.34. The van der Waals surface area contributed by atoms with Crippen LogP contribution in [0.25, 0.3) is 0 Å². The summed E-state index contributed by atoms with van der Waals surface area (Å²) >= 11 is 1.00. The molecule has 0 unspecified atom stereocenters. The highest BCUT2D eigenvalue weighted by Gasteiger charge is 2.08. The first-order chi connectivity index (χ1) is 7.25. The van der Waals surface area contributed by atoms with Crippen molar-refractivity contribution in [1.82, 2.24) is 19.9 Å². The van der Waals surface area contributed by atoms with Crippen LogP contribution < -0.4 is 5.73 Å². The van der Waals surface area contributed by atoms with Crippen LogP contribution in [0.2, 0.25) is 0 Å². The van der Waals surface area contributed by atoms with Gasteiger partial charge in [0.05, 0.1) is 6.20 Å². The van der Waals surface area contributed by atoms with E-state index in [0.29, 0.717) is 5.16 Å². The van der Waals surface area contributed by atoms with E-state index in [0.717, 1.165) is 18.0 Å². The topological polar surface area (TPSA) is 77.6 Å². The van der Waals surface area contributed by atoms with Gasteiger partial charge in [0.15, 0.2) is 11.0 Å². The maximum absolute atomic E-state index is 13.2. The lowest BCUT2D eigenvalue weighted by molar-refractivity contribution is 0.580. The van der Waals surface area contributed by atoms with Crippen LogP contribution >= 0.6 is 11.8 Å². The lowest BCUT2D eigenvalue weighted by Gasteiger charge is -2.00. The smallest absolute Gasteiger partial charge is 0.221 e. The molecule has 0 radical (unpaired) electrons. The maximum atomic E-state index is 13.2. The van der Waals surface area contributed by atoms with Gasteiger partial charge < -0.3 is 5.73 Å². The Morgan fingerprint density at radius 2 is 1.93 bits per heavy atom. The molecule has 7 heteroatoms. The number of hydrogen-bond acceptors (Lipinski definition) is 6. The fraction of sp³-hybridized carbons (Fsp3) is 0. The summed E-state index contributed by atoms with van der Waals surface area (Å²) in [6, 6.07) is 1.68. The van der Waals surface area contributed by atoms with Gasteiger partial charge in [-0.2, -0.15) is 0 Å². The van der Waals surface area contributed by atoms with E-state index in [1.54, 1.807) is 18.5 Å². The number of nitrogens with two attached hydrogens (primary N) is 1. The molecule has 0 spiro atoms. The van der Waals surface area contributed by atoms with Crippen LogP contribution in [0.5, 0.6) is 0 Å². The largest absolute Gasteiger partial charge is 0.368 e. The Balaban J connectivity index is 2.28. The van der Waals surface area contributed by atoms with Gasteiger partial charge in [-0.15, -0.1) is 0 Å². The molecular weight excluding hydrogens is 217 g/mol. The molecule has 0 saturated carbocycles. The second-order valence-corrected chi connectivity index (χ2v) is 3.47. The summed E-state index contributed by atoms with van der Waals surface area (Å²) in [4.78, 5) is 15.1. The number of rotatable bonds is 2. The van der Waals surface area contributed by atoms with Crippen LogP contribution in [0.1, 0.15) is 0 Å². The van der Waals surface area contributed by atoms with Crippen molar-refractivity contribution < 1.29 is 4.39 Å². The molecule has 2 N–H and O–H groups in total. The number of anilines is 1. The van der Waals surface area contributed by atoms with E-state index in [1.165, 1.54) is 0 Å². The first kappa shape index (κ1) is 9.78. The fourth-order valence-corrected chi connectivity index (χ4v) is 1.55. The van der Waals surface area contributed by atoms with Crippen molar-refractivity contribution in [2.24, 2.45) is 0 Å². The van der Waals surface area contributed by atoms with E-state index in [4.69, 9.17) is 5.73 Å². The second-order valence-electron chi connectivity index (χ2n) is 2.51. The number of hydrogen-bond donors (Lipinski definition) is 1. The summed E-state index contributed by atoms with van der Waals surface area (Å²) in [6.07, 6.45) is 4.16. The minimum absolute atomic E-state index is 0.0230. The summed E-state index contributed by atoms with van der Waals surface area (Å²) < 4.78 is 13.2. The molecule has 0 fully saturated rings. The summed E-state index contributed by atoms with van der Waals surface area (Å²) in [6.45, 7) is 0. The first-order valence-electron chi connectivity index (χ1n) is 3.98. The lowest BCUT2D eigenvalue weighted by Crippen LogP contribution is -1.98.